The molecule has 21 heavy (non-hydrogen) atoms. The summed E-state index contributed by atoms with van der Waals surface area (Å²) in [6.45, 7) is 0. The molecule has 0 bridgehead atoms. The lowest BCUT2D eigenvalue weighted by molar-refractivity contribution is 0.102. The molecule has 0 saturated heterocycles. The number of carbonyl (C=O) groups is 1. The van der Waals surface area contributed by atoms with Crippen LogP contribution in [0.5, 0.6) is 11.5 Å². The molecule has 5 nitrogen and oxygen atoms in total. The van der Waals surface area contributed by atoms with Crippen LogP contribution in [0.2, 0.25) is 0 Å². The minimum atomic E-state index is -0.503. The number of halogens is 1. The maximum Gasteiger partial charge on any atom is 0.259 e. The molecule has 0 saturated carbocycles. The van der Waals surface area contributed by atoms with Gasteiger partial charge in [-0.3, -0.25) is 4.79 Å². The highest BCUT2D eigenvalue weighted by Crippen LogP contribution is 2.27. The molecule has 0 aliphatic carbocycles. The molecule has 5 N–H and O–H groups in total. The average molecular weight is 367 g/mol. The van der Waals surface area contributed by atoms with Gasteiger partial charge in [-0.25, -0.2) is 0 Å². The molecule has 2 rings (SSSR count). The zero-order valence-electron chi connectivity index (χ0n) is 10.6. The van der Waals surface area contributed by atoms with Crippen LogP contribution in [-0.2, 0) is 0 Å². The van der Waals surface area contributed by atoms with Gasteiger partial charge in [0.25, 0.3) is 5.91 Å². The second-order valence-corrected chi connectivity index (χ2v) is 5.51. The third-order valence-corrected chi connectivity index (χ3v) is 3.62. The largest absolute Gasteiger partial charge is 0.508 e. The first-order valence-electron chi connectivity index (χ1n) is 5.81. The van der Waals surface area contributed by atoms with E-state index >= 15 is 0 Å². The zero-order valence-corrected chi connectivity index (χ0v) is 13.0. The highest BCUT2D eigenvalue weighted by Gasteiger charge is 2.13. The summed E-state index contributed by atoms with van der Waals surface area (Å²) in [7, 11) is 0. The number of benzene rings is 2. The summed E-state index contributed by atoms with van der Waals surface area (Å²) in [5.74, 6) is -0.925. The van der Waals surface area contributed by atoms with E-state index in [0.717, 1.165) is 6.07 Å². The van der Waals surface area contributed by atoms with Crippen molar-refractivity contribution in [3.63, 3.8) is 0 Å². The van der Waals surface area contributed by atoms with Crippen LogP contribution in [0.3, 0.4) is 0 Å². The highest BCUT2D eigenvalue weighted by atomic mass is 79.9. The summed E-state index contributed by atoms with van der Waals surface area (Å²) in [5.41, 5.74) is 6.76. The molecular weight excluding hydrogens is 356 g/mol. The molecular formula is C14H11BrN2O3S. The number of phenols is 2. The standard InChI is InChI=1S/C14H11BrN2O3S/c15-10-5-7(13(16)21)1-4-11(10)17-14(20)9-3-2-8(18)6-12(9)19/h1-6,18-19H,(H2,16,21)(H,17,20). The highest BCUT2D eigenvalue weighted by molar-refractivity contribution is 9.10. The number of hydrogen-bond acceptors (Lipinski definition) is 4. The van der Waals surface area contributed by atoms with Gasteiger partial charge in [-0.2, -0.15) is 0 Å². The lowest BCUT2D eigenvalue weighted by atomic mass is 10.1. The van der Waals surface area contributed by atoms with E-state index in [2.05, 4.69) is 21.2 Å². The van der Waals surface area contributed by atoms with Gasteiger partial charge in [0.1, 0.15) is 16.5 Å². The molecule has 0 atom stereocenters. The number of hydrogen-bond donors (Lipinski definition) is 4. The maximum absolute atomic E-state index is 12.1. The Balaban J connectivity index is 2.25. The molecule has 0 aliphatic rings. The van der Waals surface area contributed by atoms with E-state index in [1.165, 1.54) is 12.1 Å². The van der Waals surface area contributed by atoms with Gasteiger partial charge in [-0.1, -0.05) is 12.2 Å². The zero-order chi connectivity index (χ0) is 15.6. The summed E-state index contributed by atoms with van der Waals surface area (Å²) in [5, 5.41) is 21.5. The van der Waals surface area contributed by atoms with Crippen LogP contribution in [0.1, 0.15) is 15.9 Å². The minimum Gasteiger partial charge on any atom is -0.508 e. The van der Waals surface area contributed by atoms with E-state index in [1.54, 1.807) is 18.2 Å². The van der Waals surface area contributed by atoms with Crippen molar-refractivity contribution in [3.05, 3.63) is 52.0 Å². The molecule has 1 amide bonds. The summed E-state index contributed by atoms with van der Waals surface area (Å²) < 4.78 is 0.611. The molecule has 2 aromatic rings. The van der Waals surface area contributed by atoms with Crippen LogP contribution in [-0.4, -0.2) is 21.1 Å². The van der Waals surface area contributed by atoms with Gasteiger partial charge in [0.2, 0.25) is 0 Å². The Hall–Kier alpha value is -2.12. The third-order valence-electron chi connectivity index (χ3n) is 2.73. The smallest absolute Gasteiger partial charge is 0.259 e. The molecule has 7 heteroatoms. The van der Waals surface area contributed by atoms with Crippen molar-refractivity contribution in [2.45, 2.75) is 0 Å². The van der Waals surface area contributed by atoms with Crippen LogP contribution in [0.15, 0.2) is 40.9 Å². The van der Waals surface area contributed by atoms with Crippen molar-refractivity contribution < 1.29 is 15.0 Å². The first kappa shape index (κ1) is 15.3. The Morgan fingerprint density at radius 1 is 1.19 bits per heavy atom. The van der Waals surface area contributed by atoms with Gasteiger partial charge >= 0.3 is 0 Å². The Kier molecular flexibility index (Phi) is 4.44. The van der Waals surface area contributed by atoms with Crippen molar-refractivity contribution in [3.8, 4) is 11.5 Å². The second kappa shape index (κ2) is 6.11. The number of nitrogens with one attached hydrogen (secondary N) is 1. The number of nitrogens with two attached hydrogens (primary N) is 1. The number of aromatic hydroxyl groups is 2. The molecule has 2 aromatic carbocycles. The monoisotopic (exact) mass is 366 g/mol. The van der Waals surface area contributed by atoms with Gasteiger partial charge in [0.15, 0.2) is 0 Å². The molecule has 0 aromatic heterocycles. The first-order valence-corrected chi connectivity index (χ1v) is 7.01. The van der Waals surface area contributed by atoms with E-state index in [1.807, 2.05) is 0 Å². The fraction of sp³-hybridized carbons (Fsp3) is 0. The van der Waals surface area contributed by atoms with Crippen molar-refractivity contribution in [2.24, 2.45) is 5.73 Å². The topological polar surface area (TPSA) is 95.6 Å². The number of carbonyl (C=O) groups excluding carboxylic acids is 1. The molecule has 0 unspecified atom stereocenters. The van der Waals surface area contributed by atoms with E-state index in [4.69, 9.17) is 18.0 Å². The Bertz CT molecular complexity index is 734. The van der Waals surface area contributed by atoms with Gasteiger partial charge in [-0.15, -0.1) is 0 Å². The first-order chi connectivity index (χ1) is 9.88. The van der Waals surface area contributed by atoms with E-state index in [-0.39, 0.29) is 22.1 Å². The van der Waals surface area contributed by atoms with Gasteiger partial charge in [-0.05, 0) is 46.3 Å². The van der Waals surface area contributed by atoms with E-state index in [9.17, 15) is 15.0 Å². The molecule has 0 fully saturated rings. The Morgan fingerprint density at radius 2 is 1.90 bits per heavy atom. The second-order valence-electron chi connectivity index (χ2n) is 4.21. The molecule has 108 valence electrons. The number of thiocarbonyl (C=S) groups is 1. The van der Waals surface area contributed by atoms with Crippen molar-refractivity contribution >= 4 is 44.7 Å². The quantitative estimate of drug-likeness (QED) is 0.626. The van der Waals surface area contributed by atoms with Gasteiger partial charge < -0.3 is 21.3 Å². The maximum atomic E-state index is 12.1. The van der Waals surface area contributed by atoms with E-state index in [0.29, 0.717) is 15.7 Å². The van der Waals surface area contributed by atoms with Crippen molar-refractivity contribution in [2.75, 3.05) is 5.32 Å². The third kappa shape index (κ3) is 3.50. The number of phenolic OH excluding ortho intramolecular Hbond substituents is 2. The van der Waals surface area contributed by atoms with Crippen molar-refractivity contribution in [1.82, 2.24) is 0 Å². The van der Waals surface area contributed by atoms with E-state index < -0.39 is 5.91 Å². The number of anilines is 1. The predicted octanol–water partition coefficient (Wildman–Crippen LogP) is 2.75. The fourth-order valence-corrected chi connectivity index (χ4v) is 2.28. The van der Waals surface area contributed by atoms with Crippen LogP contribution >= 0.6 is 28.1 Å². The van der Waals surface area contributed by atoms with Crippen LogP contribution in [0.25, 0.3) is 0 Å². The fourth-order valence-electron chi connectivity index (χ4n) is 1.67. The molecule has 0 spiro atoms. The number of rotatable bonds is 3. The Labute approximate surface area is 134 Å². The molecule has 0 heterocycles. The molecule has 0 radical (unpaired) electrons. The summed E-state index contributed by atoms with van der Waals surface area (Å²) in [6, 6.07) is 8.76. The summed E-state index contributed by atoms with van der Waals surface area (Å²) in [4.78, 5) is 12.3. The molecule has 0 aliphatic heterocycles. The van der Waals surface area contributed by atoms with Gasteiger partial charge in [0, 0.05) is 16.1 Å². The van der Waals surface area contributed by atoms with Crippen LogP contribution < -0.4 is 11.1 Å². The Morgan fingerprint density at radius 3 is 2.48 bits per heavy atom. The number of amides is 1. The van der Waals surface area contributed by atoms with Crippen molar-refractivity contribution in [1.29, 1.82) is 0 Å². The normalized spacial score (nSPS) is 10.1. The summed E-state index contributed by atoms with van der Waals surface area (Å²) in [6.07, 6.45) is 0. The average Bonchev–Trinajstić information content (AvgIpc) is 2.40. The van der Waals surface area contributed by atoms with Crippen LogP contribution in [0.4, 0.5) is 5.69 Å². The van der Waals surface area contributed by atoms with Gasteiger partial charge in [0.05, 0.1) is 11.3 Å². The predicted molar refractivity (Wildman–Crippen MR) is 87.8 cm³/mol. The lowest BCUT2D eigenvalue weighted by Crippen LogP contribution is -2.13. The lowest BCUT2D eigenvalue weighted by Gasteiger charge is -2.10. The minimum absolute atomic E-state index is 0.0538. The van der Waals surface area contributed by atoms with Crippen LogP contribution in [0, 0.1) is 0 Å². The summed E-state index contributed by atoms with van der Waals surface area (Å²) >= 11 is 8.19. The SMILES string of the molecule is NC(=S)c1ccc(NC(=O)c2ccc(O)cc2O)c(Br)c1.